The second kappa shape index (κ2) is 15.9. The zero-order valence-electron chi connectivity index (χ0n) is 27.8. The number of carbonyl (C=O) groups is 3. The first-order chi connectivity index (χ1) is 21.7. The van der Waals surface area contributed by atoms with E-state index in [-0.39, 0.29) is 37.2 Å². The molecule has 0 spiro atoms. The fraction of sp³-hybridized carbons (Fsp3) is 0.417. The Bertz CT molecular complexity index is 1470. The van der Waals surface area contributed by atoms with Gasteiger partial charge in [0, 0.05) is 25.3 Å². The Labute approximate surface area is 277 Å². The molecule has 2 aromatic carbocycles. The molecule has 8 nitrogen and oxygen atoms in total. The Morgan fingerprint density at radius 3 is 2.33 bits per heavy atom. The van der Waals surface area contributed by atoms with E-state index >= 15 is 0 Å². The number of nitrogens with zero attached hydrogens (tertiary/aromatic N) is 3. The third-order valence-corrected chi connectivity index (χ3v) is 7.72. The SMILES string of the molecule is C=C(/C=C\C(F)=C/C)[C@H](C(=O)N1CCN(C(=O)OC(C)(C)C)[C@H](C(C)C)C1)N(C(=O)CCl)c1ccc(Oc2ccccc2)cc1C. The van der Waals surface area contributed by atoms with E-state index in [0.29, 0.717) is 22.7 Å². The summed E-state index contributed by atoms with van der Waals surface area (Å²) in [4.78, 5) is 45.8. The lowest BCUT2D eigenvalue weighted by atomic mass is 9.97. The highest BCUT2D eigenvalue weighted by molar-refractivity contribution is 6.30. The molecule has 1 heterocycles. The number of hydrogen-bond donors (Lipinski definition) is 0. The van der Waals surface area contributed by atoms with Gasteiger partial charge >= 0.3 is 6.09 Å². The number of amides is 3. The standard InChI is InChI=1S/C36H45ClFN3O5/c1-9-27(38)16-15-25(4)33(34(43)39-19-20-40(31(23-39)24(2)3)35(44)46-36(6,7)8)41(32(42)22-37)30-18-17-29(21-26(30)5)45-28-13-11-10-12-14-28/h9-18,21,24,31,33H,4,19-20,22-23H2,1-3,5-8H3/b16-15-,27-9+/t31-,33+/m0/s1. The highest BCUT2D eigenvalue weighted by Crippen LogP contribution is 2.32. The van der Waals surface area contributed by atoms with E-state index in [9.17, 15) is 18.8 Å². The predicted molar refractivity (Wildman–Crippen MR) is 181 cm³/mol. The summed E-state index contributed by atoms with van der Waals surface area (Å²) in [5.41, 5.74) is 0.597. The van der Waals surface area contributed by atoms with Crippen LogP contribution in [0.3, 0.4) is 0 Å². The van der Waals surface area contributed by atoms with Crippen LogP contribution in [0.1, 0.15) is 47.1 Å². The van der Waals surface area contributed by atoms with Gasteiger partial charge in [0.2, 0.25) is 5.91 Å². The number of allylic oxidation sites excluding steroid dienone is 3. The van der Waals surface area contributed by atoms with Crippen LogP contribution in [0.4, 0.5) is 14.9 Å². The number of para-hydroxylation sites is 1. The largest absolute Gasteiger partial charge is 0.457 e. The van der Waals surface area contributed by atoms with Crippen molar-refractivity contribution < 1.29 is 28.2 Å². The topological polar surface area (TPSA) is 79.4 Å². The van der Waals surface area contributed by atoms with Gasteiger partial charge in [-0.05, 0) is 88.1 Å². The van der Waals surface area contributed by atoms with Gasteiger partial charge in [-0.3, -0.25) is 14.5 Å². The van der Waals surface area contributed by atoms with Crippen LogP contribution in [0.25, 0.3) is 0 Å². The molecule has 2 atom stereocenters. The fourth-order valence-corrected chi connectivity index (χ4v) is 5.31. The van der Waals surface area contributed by atoms with Crippen molar-refractivity contribution in [2.75, 3.05) is 30.4 Å². The first kappa shape index (κ1) is 36.4. The summed E-state index contributed by atoms with van der Waals surface area (Å²) in [7, 11) is 0. The van der Waals surface area contributed by atoms with Crippen LogP contribution >= 0.6 is 11.6 Å². The van der Waals surface area contributed by atoms with E-state index in [4.69, 9.17) is 21.1 Å². The highest BCUT2D eigenvalue weighted by atomic mass is 35.5. The maximum Gasteiger partial charge on any atom is 0.410 e. The molecular formula is C36H45ClFN3O5. The molecule has 0 aromatic heterocycles. The molecule has 0 aliphatic carbocycles. The average Bonchev–Trinajstić information content (AvgIpc) is 3.01. The van der Waals surface area contributed by atoms with Crippen LogP contribution < -0.4 is 9.64 Å². The molecule has 0 saturated carbocycles. The van der Waals surface area contributed by atoms with Gasteiger partial charge in [0.05, 0.1) is 6.04 Å². The maximum absolute atomic E-state index is 14.5. The lowest BCUT2D eigenvalue weighted by Crippen LogP contribution is -2.62. The molecule has 0 unspecified atom stereocenters. The van der Waals surface area contributed by atoms with Gasteiger partial charge < -0.3 is 19.3 Å². The molecule has 2 aromatic rings. The summed E-state index contributed by atoms with van der Waals surface area (Å²) >= 11 is 6.13. The van der Waals surface area contributed by atoms with Crippen LogP contribution in [-0.4, -0.2) is 70.9 Å². The third kappa shape index (κ3) is 9.45. The number of piperazine rings is 1. The Morgan fingerprint density at radius 2 is 1.76 bits per heavy atom. The fourth-order valence-electron chi connectivity index (χ4n) is 5.18. The lowest BCUT2D eigenvalue weighted by molar-refractivity contribution is -0.136. The quantitative estimate of drug-likeness (QED) is 0.193. The summed E-state index contributed by atoms with van der Waals surface area (Å²) < 4.78 is 25.8. The molecule has 46 heavy (non-hydrogen) atoms. The van der Waals surface area contributed by atoms with E-state index in [1.165, 1.54) is 23.1 Å². The van der Waals surface area contributed by atoms with Crippen molar-refractivity contribution in [1.82, 2.24) is 9.80 Å². The number of aryl methyl sites for hydroxylation is 1. The minimum atomic E-state index is -1.24. The zero-order chi connectivity index (χ0) is 34.2. The Kier molecular flexibility index (Phi) is 12.6. The van der Waals surface area contributed by atoms with Crippen molar-refractivity contribution in [3.8, 4) is 11.5 Å². The van der Waals surface area contributed by atoms with Crippen molar-refractivity contribution in [3.05, 3.63) is 90.3 Å². The molecule has 0 bridgehead atoms. The smallest absolute Gasteiger partial charge is 0.410 e. The van der Waals surface area contributed by atoms with Gasteiger partial charge in [0.15, 0.2) is 0 Å². The van der Waals surface area contributed by atoms with E-state index in [0.717, 1.165) is 0 Å². The summed E-state index contributed by atoms with van der Waals surface area (Å²) in [5, 5.41) is 0. The minimum Gasteiger partial charge on any atom is -0.457 e. The van der Waals surface area contributed by atoms with Gasteiger partial charge in [0.25, 0.3) is 5.91 Å². The molecule has 0 radical (unpaired) electrons. The molecule has 10 heteroatoms. The first-order valence-corrected chi connectivity index (χ1v) is 15.9. The second-order valence-corrected chi connectivity index (χ2v) is 12.8. The molecule has 0 N–H and O–H groups in total. The van der Waals surface area contributed by atoms with Crippen LogP contribution in [0, 0.1) is 12.8 Å². The third-order valence-electron chi connectivity index (χ3n) is 7.49. The lowest BCUT2D eigenvalue weighted by Gasteiger charge is -2.45. The Morgan fingerprint density at radius 1 is 1.09 bits per heavy atom. The van der Waals surface area contributed by atoms with Crippen LogP contribution in [0.15, 0.2) is 84.7 Å². The molecule has 1 aliphatic heterocycles. The zero-order valence-corrected chi connectivity index (χ0v) is 28.5. The molecule has 1 saturated heterocycles. The molecule has 248 valence electrons. The first-order valence-electron chi connectivity index (χ1n) is 15.4. The number of benzene rings is 2. The normalized spacial score (nSPS) is 16.4. The second-order valence-electron chi connectivity index (χ2n) is 12.5. The number of rotatable bonds is 10. The number of anilines is 1. The van der Waals surface area contributed by atoms with Crippen molar-refractivity contribution in [1.29, 1.82) is 0 Å². The number of halogens is 2. The van der Waals surface area contributed by atoms with Crippen molar-refractivity contribution in [2.24, 2.45) is 5.92 Å². The highest BCUT2D eigenvalue weighted by Gasteiger charge is 2.41. The average molecular weight is 654 g/mol. The van der Waals surface area contributed by atoms with Gasteiger partial charge in [-0.25, -0.2) is 9.18 Å². The Balaban J connectivity index is 2.03. The maximum atomic E-state index is 14.5. The molecule has 3 amide bonds. The van der Waals surface area contributed by atoms with Crippen molar-refractivity contribution >= 4 is 35.2 Å². The van der Waals surface area contributed by atoms with Crippen LogP contribution in [0.2, 0.25) is 0 Å². The van der Waals surface area contributed by atoms with E-state index in [1.807, 2.05) is 44.2 Å². The number of alkyl halides is 1. The molecule has 3 rings (SSSR count). The van der Waals surface area contributed by atoms with E-state index < -0.39 is 41.3 Å². The summed E-state index contributed by atoms with van der Waals surface area (Å²) in [6, 6.07) is 12.8. The van der Waals surface area contributed by atoms with E-state index in [2.05, 4.69) is 6.58 Å². The Hall–Kier alpha value is -4.11. The summed E-state index contributed by atoms with van der Waals surface area (Å²) in [6.07, 6.45) is 3.43. The number of carbonyl (C=O) groups excluding carboxylic acids is 3. The number of hydrogen-bond acceptors (Lipinski definition) is 5. The van der Waals surface area contributed by atoms with Gasteiger partial charge in [-0.2, -0.15) is 0 Å². The van der Waals surface area contributed by atoms with Crippen LogP contribution in [-0.2, 0) is 14.3 Å². The van der Waals surface area contributed by atoms with Crippen molar-refractivity contribution in [3.63, 3.8) is 0 Å². The molecule has 1 aliphatic rings. The molecular weight excluding hydrogens is 609 g/mol. The van der Waals surface area contributed by atoms with Gasteiger partial charge in [-0.15, -0.1) is 11.6 Å². The predicted octanol–water partition coefficient (Wildman–Crippen LogP) is 7.82. The molecule has 1 fully saturated rings. The van der Waals surface area contributed by atoms with Gasteiger partial charge in [-0.1, -0.05) is 50.8 Å². The van der Waals surface area contributed by atoms with Crippen molar-refractivity contribution in [2.45, 2.75) is 66.2 Å². The monoisotopic (exact) mass is 653 g/mol. The summed E-state index contributed by atoms with van der Waals surface area (Å²) in [6.45, 7) is 17.5. The van der Waals surface area contributed by atoms with Gasteiger partial charge in [0.1, 0.15) is 34.8 Å². The van der Waals surface area contributed by atoms with Crippen LogP contribution in [0.5, 0.6) is 11.5 Å². The number of ether oxygens (including phenoxy) is 2. The summed E-state index contributed by atoms with van der Waals surface area (Å²) in [5.74, 6) is -0.708. The minimum absolute atomic E-state index is 0.00608. The van der Waals surface area contributed by atoms with E-state index in [1.54, 1.807) is 62.6 Å².